The van der Waals surface area contributed by atoms with Gasteiger partial charge in [0.15, 0.2) is 0 Å². The van der Waals surface area contributed by atoms with Gasteiger partial charge in [-0.3, -0.25) is 4.98 Å². The van der Waals surface area contributed by atoms with Crippen molar-refractivity contribution < 1.29 is 0 Å². The van der Waals surface area contributed by atoms with Gasteiger partial charge in [0.25, 0.3) is 0 Å². The lowest BCUT2D eigenvalue weighted by Crippen LogP contribution is -1.90. The zero-order valence-electron chi connectivity index (χ0n) is 10.5. The second-order valence-corrected chi connectivity index (χ2v) is 3.35. The Morgan fingerprint density at radius 2 is 1.93 bits per heavy atom. The maximum atomic E-state index is 4.25. The molecule has 0 aliphatic rings. The van der Waals surface area contributed by atoms with Crippen LogP contribution in [0.4, 0.5) is 0 Å². The van der Waals surface area contributed by atoms with Gasteiger partial charge in [-0.25, -0.2) is 0 Å². The maximum Gasteiger partial charge on any atom is 0.0698 e. The molecule has 0 saturated heterocycles. The normalized spacial score (nSPS) is 8.60. The number of rotatable bonds is 2. The number of allylic oxidation sites excluding steroid dienone is 1. The van der Waals surface area contributed by atoms with E-state index in [0.717, 1.165) is 5.69 Å². The lowest BCUT2D eigenvalue weighted by atomic mass is 10.1. The molecule has 0 amide bonds. The summed E-state index contributed by atoms with van der Waals surface area (Å²) in [4.78, 5) is 4.25. The first kappa shape index (κ1) is 13.6. The molecule has 1 aromatic heterocycles. The standard InChI is InChI=1S/C12H15N.C2H6/c1-5-12-11(8-9(2)3)10(4)6-7-13-12;1-2/h5-8H,1H2,2-4H3;1-2H3. The summed E-state index contributed by atoms with van der Waals surface area (Å²) in [6.45, 7) is 14.0. The fraction of sp³-hybridized carbons (Fsp3) is 0.357. The third kappa shape index (κ3) is 4.11. The number of hydrogen-bond acceptors (Lipinski definition) is 1. The van der Waals surface area contributed by atoms with Crippen molar-refractivity contribution in [1.29, 1.82) is 0 Å². The molecule has 0 radical (unpaired) electrons. The molecular weight excluding hydrogens is 182 g/mol. The van der Waals surface area contributed by atoms with Crippen molar-refractivity contribution in [1.82, 2.24) is 4.98 Å². The first-order valence-corrected chi connectivity index (χ1v) is 5.38. The van der Waals surface area contributed by atoms with Crippen LogP contribution in [0.5, 0.6) is 0 Å². The third-order valence-electron chi connectivity index (χ3n) is 1.87. The molecule has 0 saturated carbocycles. The third-order valence-corrected chi connectivity index (χ3v) is 1.87. The lowest BCUT2D eigenvalue weighted by Gasteiger charge is -2.04. The Bertz CT molecular complexity index is 344. The van der Waals surface area contributed by atoms with Gasteiger partial charge in [-0.2, -0.15) is 0 Å². The van der Waals surface area contributed by atoms with E-state index in [1.54, 1.807) is 6.08 Å². The summed E-state index contributed by atoms with van der Waals surface area (Å²) in [5, 5.41) is 0. The molecule has 1 nitrogen and oxygen atoms in total. The van der Waals surface area contributed by atoms with Crippen LogP contribution in [-0.2, 0) is 0 Å². The first-order chi connectivity index (χ1) is 7.15. The summed E-state index contributed by atoms with van der Waals surface area (Å²) in [7, 11) is 0. The highest BCUT2D eigenvalue weighted by Gasteiger charge is 2.00. The van der Waals surface area contributed by atoms with Gasteiger partial charge in [0, 0.05) is 11.8 Å². The lowest BCUT2D eigenvalue weighted by molar-refractivity contribution is 1.24. The number of nitrogens with zero attached hydrogens (tertiary/aromatic N) is 1. The molecule has 82 valence electrons. The van der Waals surface area contributed by atoms with Crippen molar-refractivity contribution in [2.75, 3.05) is 0 Å². The minimum Gasteiger partial charge on any atom is -0.256 e. The Balaban J connectivity index is 0.000000921. The van der Waals surface area contributed by atoms with Crippen molar-refractivity contribution in [3.8, 4) is 0 Å². The topological polar surface area (TPSA) is 12.9 Å². The van der Waals surface area contributed by atoms with Crippen LogP contribution in [0.15, 0.2) is 24.4 Å². The quantitative estimate of drug-likeness (QED) is 0.690. The van der Waals surface area contributed by atoms with Gasteiger partial charge in [-0.15, -0.1) is 0 Å². The van der Waals surface area contributed by atoms with Crippen LogP contribution in [-0.4, -0.2) is 4.98 Å². The Labute approximate surface area is 93.6 Å². The molecule has 0 N–H and O–H groups in total. The average Bonchev–Trinajstić information content (AvgIpc) is 2.23. The summed E-state index contributed by atoms with van der Waals surface area (Å²) >= 11 is 0. The van der Waals surface area contributed by atoms with Gasteiger partial charge >= 0.3 is 0 Å². The Morgan fingerprint density at radius 3 is 2.40 bits per heavy atom. The van der Waals surface area contributed by atoms with E-state index in [0.29, 0.717) is 0 Å². The molecule has 0 aromatic carbocycles. The zero-order chi connectivity index (χ0) is 11.8. The highest BCUT2D eigenvalue weighted by molar-refractivity contribution is 5.65. The minimum absolute atomic E-state index is 0.959. The Hall–Kier alpha value is -1.37. The molecule has 0 atom stereocenters. The van der Waals surface area contributed by atoms with E-state index in [2.05, 4.69) is 38.4 Å². The van der Waals surface area contributed by atoms with Crippen LogP contribution >= 0.6 is 0 Å². The monoisotopic (exact) mass is 203 g/mol. The summed E-state index contributed by atoms with van der Waals surface area (Å²) in [5.41, 5.74) is 4.66. The summed E-state index contributed by atoms with van der Waals surface area (Å²) in [5.74, 6) is 0. The van der Waals surface area contributed by atoms with Crippen LogP contribution in [0.2, 0.25) is 0 Å². The maximum absolute atomic E-state index is 4.25. The molecule has 0 aliphatic carbocycles. The molecule has 1 rings (SSSR count). The largest absolute Gasteiger partial charge is 0.256 e. The van der Waals surface area contributed by atoms with E-state index >= 15 is 0 Å². The van der Waals surface area contributed by atoms with E-state index < -0.39 is 0 Å². The predicted octanol–water partition coefficient (Wildman–Crippen LogP) is 4.48. The molecule has 0 unspecified atom stereocenters. The van der Waals surface area contributed by atoms with Gasteiger partial charge in [0.2, 0.25) is 0 Å². The molecule has 0 spiro atoms. The van der Waals surface area contributed by atoms with E-state index in [9.17, 15) is 0 Å². The van der Waals surface area contributed by atoms with Gasteiger partial charge < -0.3 is 0 Å². The fourth-order valence-electron chi connectivity index (χ4n) is 1.23. The molecule has 15 heavy (non-hydrogen) atoms. The average molecular weight is 203 g/mol. The molecule has 1 aromatic rings. The number of aromatic nitrogens is 1. The molecule has 1 heterocycles. The molecule has 1 heteroatoms. The van der Waals surface area contributed by atoms with E-state index in [-0.39, 0.29) is 0 Å². The fourth-order valence-corrected chi connectivity index (χ4v) is 1.23. The number of pyridine rings is 1. The van der Waals surface area contributed by atoms with Crippen LogP contribution in [0.3, 0.4) is 0 Å². The predicted molar refractivity (Wildman–Crippen MR) is 69.7 cm³/mol. The second kappa shape index (κ2) is 6.99. The van der Waals surface area contributed by atoms with Gasteiger partial charge in [0.1, 0.15) is 0 Å². The van der Waals surface area contributed by atoms with Crippen LogP contribution in [0, 0.1) is 6.92 Å². The SMILES string of the molecule is C=Cc1nccc(C)c1C=C(C)C.CC. The van der Waals surface area contributed by atoms with Gasteiger partial charge in [-0.05, 0) is 38.5 Å². The highest BCUT2D eigenvalue weighted by atomic mass is 14.7. The number of hydrogen-bond donors (Lipinski definition) is 0. The Kier molecular flexibility index (Phi) is 6.35. The first-order valence-electron chi connectivity index (χ1n) is 5.38. The van der Waals surface area contributed by atoms with Crippen molar-refractivity contribution in [3.05, 3.63) is 41.2 Å². The summed E-state index contributed by atoms with van der Waals surface area (Å²) in [6.07, 6.45) is 5.75. The second-order valence-electron chi connectivity index (χ2n) is 3.35. The zero-order valence-corrected chi connectivity index (χ0v) is 10.5. The van der Waals surface area contributed by atoms with Crippen LogP contribution in [0.1, 0.15) is 44.5 Å². The van der Waals surface area contributed by atoms with Crippen LogP contribution in [0.25, 0.3) is 12.2 Å². The molecule has 0 bridgehead atoms. The van der Waals surface area contributed by atoms with Crippen LogP contribution < -0.4 is 0 Å². The van der Waals surface area contributed by atoms with E-state index in [1.807, 2.05) is 26.1 Å². The van der Waals surface area contributed by atoms with Gasteiger partial charge in [-0.1, -0.05) is 32.1 Å². The molecule has 0 aliphatic heterocycles. The smallest absolute Gasteiger partial charge is 0.0698 e. The van der Waals surface area contributed by atoms with Crippen molar-refractivity contribution in [2.24, 2.45) is 0 Å². The summed E-state index contributed by atoms with van der Waals surface area (Å²) in [6, 6.07) is 2.02. The van der Waals surface area contributed by atoms with Crippen molar-refractivity contribution in [2.45, 2.75) is 34.6 Å². The number of aryl methyl sites for hydroxylation is 1. The van der Waals surface area contributed by atoms with E-state index in [4.69, 9.17) is 0 Å². The highest BCUT2D eigenvalue weighted by Crippen LogP contribution is 2.16. The summed E-state index contributed by atoms with van der Waals surface area (Å²) < 4.78 is 0. The van der Waals surface area contributed by atoms with E-state index in [1.165, 1.54) is 16.7 Å². The molecule has 0 fully saturated rings. The van der Waals surface area contributed by atoms with Crippen molar-refractivity contribution >= 4 is 12.2 Å². The minimum atomic E-state index is 0.959. The van der Waals surface area contributed by atoms with Crippen molar-refractivity contribution in [3.63, 3.8) is 0 Å². The van der Waals surface area contributed by atoms with Gasteiger partial charge in [0.05, 0.1) is 5.69 Å². The Morgan fingerprint density at radius 1 is 1.33 bits per heavy atom. The molecular formula is C14H21N.